The van der Waals surface area contributed by atoms with Gasteiger partial charge in [-0.2, -0.15) is 0 Å². The number of nitrogens with two attached hydrogens (primary N) is 1. The summed E-state index contributed by atoms with van der Waals surface area (Å²) in [5.74, 6) is -1.16. The highest BCUT2D eigenvalue weighted by atomic mass is 16.2. The number of rotatable bonds is 5. The number of urea groups is 1. The molecule has 0 spiro atoms. The minimum Gasteiger partial charge on any atom is -0.368 e. The summed E-state index contributed by atoms with van der Waals surface area (Å²) in [4.78, 5) is 41.6. The maximum absolute atomic E-state index is 14.2. The lowest BCUT2D eigenvalue weighted by Gasteiger charge is -2.39. The molecule has 1 aliphatic heterocycles. The van der Waals surface area contributed by atoms with Crippen LogP contribution in [0.3, 0.4) is 0 Å². The Bertz CT molecular complexity index is 1300. The van der Waals surface area contributed by atoms with E-state index in [0.29, 0.717) is 17.8 Å². The molecule has 3 aromatic rings. The van der Waals surface area contributed by atoms with E-state index in [1.807, 2.05) is 100 Å². The van der Waals surface area contributed by atoms with Crippen molar-refractivity contribution in [1.29, 1.82) is 0 Å². The van der Waals surface area contributed by atoms with Crippen LogP contribution in [-0.4, -0.2) is 29.9 Å². The Kier molecular flexibility index (Phi) is 7.34. The molecule has 0 saturated carbocycles. The highest BCUT2D eigenvalue weighted by Crippen LogP contribution is 2.42. The monoisotopic (exact) mass is 498 g/mol. The van der Waals surface area contributed by atoms with Gasteiger partial charge in [-0.15, -0.1) is 0 Å². The van der Waals surface area contributed by atoms with Crippen molar-refractivity contribution in [3.63, 3.8) is 0 Å². The molecular formula is C30H34N4O3. The van der Waals surface area contributed by atoms with Gasteiger partial charge in [0.2, 0.25) is 11.8 Å². The molecule has 3 atom stereocenters. The van der Waals surface area contributed by atoms with Crippen molar-refractivity contribution in [2.24, 2.45) is 11.1 Å². The number of primary amides is 1. The first-order chi connectivity index (χ1) is 17.6. The van der Waals surface area contributed by atoms with Crippen LogP contribution in [0.5, 0.6) is 0 Å². The third-order valence-corrected chi connectivity index (χ3v) is 6.71. The van der Waals surface area contributed by atoms with Crippen molar-refractivity contribution >= 4 is 29.2 Å². The fourth-order valence-electron chi connectivity index (χ4n) is 5.13. The van der Waals surface area contributed by atoms with Crippen LogP contribution in [-0.2, 0) is 9.59 Å². The van der Waals surface area contributed by atoms with Gasteiger partial charge in [0.05, 0.1) is 0 Å². The van der Waals surface area contributed by atoms with Crippen LogP contribution >= 0.6 is 0 Å². The summed E-state index contributed by atoms with van der Waals surface area (Å²) in [6.45, 7) is 7.58. The summed E-state index contributed by atoms with van der Waals surface area (Å²) in [5, 5.41) is 5.72. The van der Waals surface area contributed by atoms with Gasteiger partial charge < -0.3 is 16.4 Å². The zero-order valence-corrected chi connectivity index (χ0v) is 21.7. The van der Waals surface area contributed by atoms with Gasteiger partial charge in [-0.25, -0.2) is 4.79 Å². The van der Waals surface area contributed by atoms with E-state index in [2.05, 4.69) is 10.6 Å². The van der Waals surface area contributed by atoms with Gasteiger partial charge in [0.25, 0.3) is 0 Å². The Morgan fingerprint density at radius 3 is 2.30 bits per heavy atom. The van der Waals surface area contributed by atoms with Gasteiger partial charge in [0.15, 0.2) is 0 Å². The summed E-state index contributed by atoms with van der Waals surface area (Å²) in [5.41, 5.74) is 9.44. The number of benzene rings is 3. The Labute approximate surface area is 218 Å². The number of aryl methyl sites for hydroxylation is 1. The Balaban J connectivity index is 1.79. The van der Waals surface area contributed by atoms with Crippen molar-refractivity contribution in [1.82, 2.24) is 5.32 Å². The molecule has 4 rings (SSSR count). The summed E-state index contributed by atoms with van der Waals surface area (Å²) < 4.78 is 0. The maximum atomic E-state index is 14.2. The van der Waals surface area contributed by atoms with Crippen molar-refractivity contribution in [2.75, 3.05) is 10.2 Å². The van der Waals surface area contributed by atoms with Gasteiger partial charge >= 0.3 is 6.03 Å². The second kappa shape index (κ2) is 10.5. The maximum Gasteiger partial charge on any atom is 0.319 e. The number of nitrogens with zero attached hydrogens (tertiary/aromatic N) is 1. The molecule has 1 aliphatic rings. The molecule has 192 valence electrons. The molecule has 4 N–H and O–H groups in total. The number of carbonyl (C=O) groups is 3. The number of amides is 4. The number of hydrogen-bond donors (Lipinski definition) is 3. The first-order valence-corrected chi connectivity index (χ1v) is 12.5. The highest BCUT2D eigenvalue weighted by Gasteiger charge is 2.45. The molecule has 4 amide bonds. The van der Waals surface area contributed by atoms with Crippen LogP contribution in [0.15, 0.2) is 78.9 Å². The van der Waals surface area contributed by atoms with E-state index in [0.717, 1.165) is 16.7 Å². The predicted octanol–water partition coefficient (Wildman–Crippen LogP) is 4.95. The average Bonchev–Trinajstić information content (AvgIpc) is 2.94. The Hall–Kier alpha value is -4.13. The Morgan fingerprint density at radius 2 is 1.65 bits per heavy atom. The lowest BCUT2D eigenvalue weighted by molar-refractivity contribution is -0.127. The van der Waals surface area contributed by atoms with E-state index < -0.39 is 29.4 Å². The standard InChI is InChI=1S/C30H34N4O3/c1-19-11-10-14-21(17-19)32-29(37)33-24-18-23(20-12-6-5-7-13-20)22-15-8-9-16-25(22)34(28(24)36)26(27(31)35)30(2,3)4/h5-17,23-24,26H,18H2,1-4H3,(H2,31,35)(H2,32,33,37). The van der Waals surface area contributed by atoms with Gasteiger partial charge in [-0.3, -0.25) is 14.5 Å². The number of anilines is 2. The summed E-state index contributed by atoms with van der Waals surface area (Å²) in [6.07, 6.45) is 0.327. The molecule has 1 heterocycles. The minimum absolute atomic E-state index is 0.191. The second-order valence-corrected chi connectivity index (χ2v) is 10.7. The first-order valence-electron chi connectivity index (χ1n) is 12.5. The molecule has 0 aromatic heterocycles. The largest absolute Gasteiger partial charge is 0.368 e. The normalized spacial score (nSPS) is 18.4. The SMILES string of the molecule is Cc1cccc(NC(=O)NC2CC(c3ccccc3)c3ccccc3N(C(C(N)=O)C(C)(C)C)C2=O)c1. The molecule has 0 radical (unpaired) electrons. The van der Waals surface area contributed by atoms with E-state index in [1.54, 1.807) is 6.07 Å². The van der Waals surface area contributed by atoms with E-state index in [9.17, 15) is 14.4 Å². The molecule has 7 heteroatoms. The average molecular weight is 499 g/mol. The van der Waals surface area contributed by atoms with Gasteiger partial charge in [-0.05, 0) is 53.6 Å². The molecule has 3 unspecified atom stereocenters. The number of hydrogen-bond acceptors (Lipinski definition) is 3. The topological polar surface area (TPSA) is 105 Å². The van der Waals surface area contributed by atoms with Crippen molar-refractivity contribution in [2.45, 2.75) is 52.1 Å². The first kappa shape index (κ1) is 25.9. The van der Waals surface area contributed by atoms with Crippen LogP contribution < -0.4 is 21.3 Å². The smallest absolute Gasteiger partial charge is 0.319 e. The Morgan fingerprint density at radius 1 is 0.973 bits per heavy atom. The summed E-state index contributed by atoms with van der Waals surface area (Å²) >= 11 is 0. The highest BCUT2D eigenvalue weighted by molar-refractivity contribution is 6.06. The molecular weight excluding hydrogens is 464 g/mol. The second-order valence-electron chi connectivity index (χ2n) is 10.7. The van der Waals surface area contributed by atoms with E-state index in [-0.39, 0.29) is 11.8 Å². The van der Waals surface area contributed by atoms with Crippen LogP contribution in [0, 0.1) is 12.3 Å². The molecule has 3 aromatic carbocycles. The zero-order chi connectivity index (χ0) is 26.7. The van der Waals surface area contributed by atoms with Gasteiger partial charge in [-0.1, -0.05) is 81.4 Å². The fraction of sp³-hybridized carbons (Fsp3) is 0.300. The van der Waals surface area contributed by atoms with Crippen molar-refractivity contribution < 1.29 is 14.4 Å². The zero-order valence-electron chi connectivity index (χ0n) is 21.7. The van der Waals surface area contributed by atoms with Crippen LogP contribution in [0.4, 0.5) is 16.2 Å². The fourth-order valence-corrected chi connectivity index (χ4v) is 5.13. The van der Waals surface area contributed by atoms with Gasteiger partial charge in [0, 0.05) is 17.3 Å². The number of carbonyl (C=O) groups excluding carboxylic acids is 3. The van der Waals surface area contributed by atoms with Crippen molar-refractivity contribution in [3.8, 4) is 0 Å². The quantitative estimate of drug-likeness (QED) is 0.463. The molecule has 0 fully saturated rings. The van der Waals surface area contributed by atoms with Crippen LogP contribution in [0.1, 0.15) is 49.8 Å². The molecule has 37 heavy (non-hydrogen) atoms. The van der Waals surface area contributed by atoms with E-state index in [4.69, 9.17) is 5.73 Å². The van der Waals surface area contributed by atoms with E-state index in [1.165, 1.54) is 4.90 Å². The third kappa shape index (κ3) is 5.66. The number of nitrogens with one attached hydrogen (secondary N) is 2. The predicted molar refractivity (Wildman–Crippen MR) is 146 cm³/mol. The van der Waals surface area contributed by atoms with Crippen LogP contribution in [0.25, 0.3) is 0 Å². The van der Waals surface area contributed by atoms with Crippen LogP contribution in [0.2, 0.25) is 0 Å². The number of para-hydroxylation sites is 1. The molecule has 0 aliphatic carbocycles. The van der Waals surface area contributed by atoms with E-state index >= 15 is 0 Å². The third-order valence-electron chi connectivity index (χ3n) is 6.71. The molecule has 7 nitrogen and oxygen atoms in total. The molecule has 0 bridgehead atoms. The lowest BCUT2D eigenvalue weighted by Crippen LogP contribution is -2.59. The molecule has 0 saturated heterocycles. The summed E-state index contributed by atoms with van der Waals surface area (Å²) in [7, 11) is 0. The summed E-state index contributed by atoms with van der Waals surface area (Å²) in [6, 6.07) is 22.6. The lowest BCUT2D eigenvalue weighted by atomic mass is 9.84. The minimum atomic E-state index is -0.917. The van der Waals surface area contributed by atoms with Crippen molar-refractivity contribution in [3.05, 3.63) is 95.6 Å². The van der Waals surface area contributed by atoms with Gasteiger partial charge in [0.1, 0.15) is 12.1 Å². The number of fused-ring (bicyclic) bond motifs is 1.